The van der Waals surface area contributed by atoms with Crippen molar-refractivity contribution in [1.82, 2.24) is 5.32 Å². The molecule has 0 bridgehead atoms. The van der Waals surface area contributed by atoms with Gasteiger partial charge in [-0.25, -0.2) is 4.39 Å². The van der Waals surface area contributed by atoms with Gasteiger partial charge in [0.1, 0.15) is 11.6 Å². The van der Waals surface area contributed by atoms with E-state index >= 15 is 0 Å². The van der Waals surface area contributed by atoms with E-state index < -0.39 is 0 Å². The van der Waals surface area contributed by atoms with Gasteiger partial charge < -0.3 is 9.73 Å². The number of aryl methyl sites for hydroxylation is 1. The Morgan fingerprint density at radius 3 is 2.71 bits per heavy atom. The quantitative estimate of drug-likeness (QED) is 0.749. The molecule has 108 valence electrons. The van der Waals surface area contributed by atoms with Gasteiger partial charge in [0.05, 0.1) is 11.1 Å². The van der Waals surface area contributed by atoms with Crippen LogP contribution in [0.25, 0.3) is 11.0 Å². The molecule has 3 rings (SSSR count). The van der Waals surface area contributed by atoms with E-state index in [0.29, 0.717) is 21.9 Å². The van der Waals surface area contributed by atoms with Gasteiger partial charge in [0.25, 0.3) is 0 Å². The lowest BCUT2D eigenvalue weighted by atomic mass is 10.0. The van der Waals surface area contributed by atoms with E-state index in [2.05, 4.69) is 5.32 Å². The number of para-hydroxylation sites is 1. The number of halogens is 2. The average Bonchev–Trinajstić information content (AvgIpc) is 2.89. The van der Waals surface area contributed by atoms with Gasteiger partial charge in [-0.15, -0.1) is 0 Å². The number of nitrogens with one attached hydrogen (secondary N) is 1. The smallest absolute Gasteiger partial charge is 0.152 e. The Balaban J connectivity index is 2.13. The summed E-state index contributed by atoms with van der Waals surface area (Å²) in [7, 11) is 1.78. The molecule has 0 aliphatic rings. The Morgan fingerprint density at radius 1 is 1.19 bits per heavy atom. The molecule has 1 unspecified atom stereocenters. The lowest BCUT2D eigenvalue weighted by Crippen LogP contribution is -2.18. The van der Waals surface area contributed by atoms with Crippen molar-refractivity contribution in [2.45, 2.75) is 13.0 Å². The average molecular weight is 304 g/mol. The Morgan fingerprint density at radius 2 is 2.00 bits per heavy atom. The van der Waals surface area contributed by atoms with E-state index in [1.165, 1.54) is 6.07 Å². The molecule has 0 aliphatic heterocycles. The molecule has 21 heavy (non-hydrogen) atoms. The van der Waals surface area contributed by atoms with Crippen molar-refractivity contribution in [1.29, 1.82) is 0 Å². The van der Waals surface area contributed by atoms with Gasteiger partial charge in [-0.05, 0) is 32.2 Å². The third-order valence-electron chi connectivity index (χ3n) is 3.55. The molecule has 0 aliphatic carbocycles. The summed E-state index contributed by atoms with van der Waals surface area (Å²) >= 11 is 6.13. The second kappa shape index (κ2) is 5.51. The number of furan rings is 1. The molecule has 0 spiro atoms. The maximum Gasteiger partial charge on any atom is 0.152 e. The van der Waals surface area contributed by atoms with Crippen LogP contribution in [-0.4, -0.2) is 7.05 Å². The normalized spacial score (nSPS) is 12.8. The summed E-state index contributed by atoms with van der Waals surface area (Å²) in [5.41, 5.74) is 2.19. The van der Waals surface area contributed by atoms with Gasteiger partial charge in [-0.3, -0.25) is 0 Å². The van der Waals surface area contributed by atoms with Crippen LogP contribution in [-0.2, 0) is 0 Å². The summed E-state index contributed by atoms with van der Waals surface area (Å²) in [5.74, 6) is 0.386. The van der Waals surface area contributed by atoms with Crippen molar-refractivity contribution in [3.8, 4) is 0 Å². The minimum absolute atomic E-state index is 0.258. The number of rotatable bonds is 3. The largest absolute Gasteiger partial charge is 0.457 e. The Labute approximate surface area is 127 Å². The van der Waals surface area contributed by atoms with Crippen LogP contribution in [0.2, 0.25) is 5.02 Å². The minimum atomic E-state index is -0.353. The molecule has 0 saturated heterocycles. The molecule has 1 aromatic heterocycles. The Hall–Kier alpha value is -1.84. The van der Waals surface area contributed by atoms with Gasteiger partial charge >= 0.3 is 0 Å². The van der Waals surface area contributed by atoms with Crippen molar-refractivity contribution in [2.75, 3.05) is 7.05 Å². The first-order valence-corrected chi connectivity index (χ1v) is 7.09. The van der Waals surface area contributed by atoms with Crippen LogP contribution < -0.4 is 5.32 Å². The van der Waals surface area contributed by atoms with Gasteiger partial charge in [-0.2, -0.15) is 0 Å². The number of hydrogen-bond acceptors (Lipinski definition) is 2. The molecule has 0 fully saturated rings. The first kappa shape index (κ1) is 14.1. The van der Waals surface area contributed by atoms with Crippen molar-refractivity contribution in [3.63, 3.8) is 0 Å². The maximum absolute atomic E-state index is 14.1. The summed E-state index contributed by atoms with van der Waals surface area (Å²) < 4.78 is 20.0. The number of hydrogen-bond donors (Lipinski definition) is 1. The molecule has 1 heterocycles. The molecule has 2 aromatic carbocycles. The zero-order chi connectivity index (χ0) is 15.0. The predicted molar refractivity (Wildman–Crippen MR) is 83.3 cm³/mol. The highest BCUT2D eigenvalue weighted by molar-refractivity contribution is 6.34. The van der Waals surface area contributed by atoms with Gasteiger partial charge in [-0.1, -0.05) is 41.4 Å². The SMILES string of the molecule is CNC(c1cc2cccc(Cl)c2o1)c1cc(C)ccc1F. The third-order valence-corrected chi connectivity index (χ3v) is 3.85. The summed E-state index contributed by atoms with van der Waals surface area (Å²) in [6, 6.07) is 12.2. The van der Waals surface area contributed by atoms with Crippen molar-refractivity contribution < 1.29 is 8.81 Å². The lowest BCUT2D eigenvalue weighted by Gasteiger charge is -2.15. The molecular weight excluding hydrogens is 289 g/mol. The topological polar surface area (TPSA) is 25.2 Å². The van der Waals surface area contributed by atoms with E-state index in [1.807, 2.05) is 31.2 Å². The fraction of sp³-hybridized carbons (Fsp3) is 0.176. The van der Waals surface area contributed by atoms with Crippen LogP contribution in [0.4, 0.5) is 4.39 Å². The van der Waals surface area contributed by atoms with Crippen LogP contribution >= 0.6 is 11.6 Å². The second-order valence-electron chi connectivity index (χ2n) is 5.05. The first-order chi connectivity index (χ1) is 10.1. The highest BCUT2D eigenvalue weighted by atomic mass is 35.5. The summed E-state index contributed by atoms with van der Waals surface area (Å²) in [4.78, 5) is 0. The Kier molecular flexibility index (Phi) is 3.70. The molecule has 0 amide bonds. The molecule has 0 radical (unpaired) electrons. The van der Waals surface area contributed by atoms with E-state index in [9.17, 15) is 4.39 Å². The summed E-state index contributed by atoms with van der Waals surface area (Å²) in [6.07, 6.45) is 0. The molecule has 4 heteroatoms. The predicted octanol–water partition coefficient (Wildman–Crippen LogP) is 4.84. The van der Waals surface area contributed by atoms with Crippen LogP contribution in [0.3, 0.4) is 0 Å². The zero-order valence-corrected chi connectivity index (χ0v) is 12.5. The maximum atomic E-state index is 14.1. The van der Waals surface area contributed by atoms with Gasteiger partial charge in [0, 0.05) is 10.9 Å². The van der Waals surface area contributed by atoms with E-state index in [4.69, 9.17) is 16.0 Å². The van der Waals surface area contributed by atoms with E-state index in [1.54, 1.807) is 19.2 Å². The number of fused-ring (bicyclic) bond motifs is 1. The highest BCUT2D eigenvalue weighted by Crippen LogP contribution is 2.32. The molecule has 1 N–H and O–H groups in total. The highest BCUT2D eigenvalue weighted by Gasteiger charge is 2.21. The molecule has 2 nitrogen and oxygen atoms in total. The minimum Gasteiger partial charge on any atom is -0.457 e. The lowest BCUT2D eigenvalue weighted by molar-refractivity contribution is 0.476. The summed E-state index contributed by atoms with van der Waals surface area (Å²) in [5, 5.41) is 4.57. The van der Waals surface area contributed by atoms with Crippen molar-refractivity contribution >= 4 is 22.6 Å². The number of benzene rings is 2. The van der Waals surface area contributed by atoms with Crippen LogP contribution in [0, 0.1) is 12.7 Å². The third kappa shape index (κ3) is 2.55. The molecule has 1 atom stereocenters. The monoisotopic (exact) mass is 303 g/mol. The molecule has 0 saturated carbocycles. The fourth-order valence-corrected chi connectivity index (χ4v) is 2.75. The van der Waals surface area contributed by atoms with E-state index in [0.717, 1.165) is 10.9 Å². The Bertz CT molecular complexity index is 797. The molecular formula is C17H15ClFNO. The second-order valence-corrected chi connectivity index (χ2v) is 5.46. The van der Waals surface area contributed by atoms with Crippen LogP contribution in [0.5, 0.6) is 0 Å². The van der Waals surface area contributed by atoms with Crippen LogP contribution in [0.1, 0.15) is 22.9 Å². The van der Waals surface area contributed by atoms with Crippen molar-refractivity contribution in [2.24, 2.45) is 0 Å². The van der Waals surface area contributed by atoms with E-state index in [-0.39, 0.29) is 11.9 Å². The van der Waals surface area contributed by atoms with Crippen LogP contribution in [0.15, 0.2) is 46.9 Å². The fourth-order valence-electron chi connectivity index (χ4n) is 2.53. The van der Waals surface area contributed by atoms with Gasteiger partial charge in [0.15, 0.2) is 5.58 Å². The van der Waals surface area contributed by atoms with Crippen molar-refractivity contribution in [3.05, 3.63) is 70.2 Å². The summed E-state index contributed by atoms with van der Waals surface area (Å²) in [6.45, 7) is 1.94. The standard InChI is InChI=1S/C17H15ClFNO/c1-10-6-7-14(19)12(8-10)16(20-2)15-9-11-4-3-5-13(18)17(11)21-15/h3-9,16,20H,1-2H3. The first-order valence-electron chi connectivity index (χ1n) is 6.71. The molecule has 3 aromatic rings. The van der Waals surface area contributed by atoms with Gasteiger partial charge in [0.2, 0.25) is 0 Å². The zero-order valence-electron chi connectivity index (χ0n) is 11.8.